The van der Waals surface area contributed by atoms with E-state index in [1.165, 1.54) is 4.90 Å². The third kappa shape index (κ3) is 4.90. The van der Waals surface area contributed by atoms with E-state index in [1.807, 2.05) is 0 Å². The van der Waals surface area contributed by atoms with Gasteiger partial charge in [-0.2, -0.15) is 13.2 Å². The van der Waals surface area contributed by atoms with Gasteiger partial charge in [0, 0.05) is 18.5 Å². The molecule has 0 spiro atoms. The van der Waals surface area contributed by atoms with Crippen LogP contribution >= 0.6 is 11.6 Å². The molecular formula is C15H19ClF3N3O2. The summed E-state index contributed by atoms with van der Waals surface area (Å²) in [4.78, 5) is 17.0. The van der Waals surface area contributed by atoms with E-state index < -0.39 is 29.5 Å². The SMILES string of the molecule is CC(C)(C)NC(=O)O[C@@H]1CCN(c2nc(Cl)ccc2C(F)(F)F)C1. The van der Waals surface area contributed by atoms with Crippen molar-refractivity contribution < 1.29 is 22.7 Å². The smallest absolute Gasteiger partial charge is 0.419 e. The monoisotopic (exact) mass is 365 g/mol. The van der Waals surface area contributed by atoms with Crippen LogP contribution < -0.4 is 10.2 Å². The van der Waals surface area contributed by atoms with E-state index in [2.05, 4.69) is 10.3 Å². The molecule has 1 aromatic heterocycles. The Balaban J connectivity index is 2.09. The molecule has 0 bridgehead atoms. The first kappa shape index (κ1) is 18.6. The first-order chi connectivity index (χ1) is 11.0. The Morgan fingerprint density at radius 2 is 2.04 bits per heavy atom. The van der Waals surface area contributed by atoms with Crippen LogP contribution in [-0.2, 0) is 10.9 Å². The highest BCUT2D eigenvalue weighted by molar-refractivity contribution is 6.29. The Morgan fingerprint density at radius 1 is 1.38 bits per heavy atom. The molecule has 9 heteroatoms. The first-order valence-corrected chi connectivity index (χ1v) is 7.81. The highest BCUT2D eigenvalue weighted by Crippen LogP contribution is 2.37. The molecular weight excluding hydrogens is 347 g/mol. The summed E-state index contributed by atoms with van der Waals surface area (Å²) in [6.45, 7) is 5.85. The maximum absolute atomic E-state index is 13.1. The molecule has 1 fully saturated rings. The minimum Gasteiger partial charge on any atom is -0.444 e. The summed E-state index contributed by atoms with van der Waals surface area (Å²) in [7, 11) is 0. The number of rotatable bonds is 2. The number of nitrogens with one attached hydrogen (secondary N) is 1. The molecule has 134 valence electrons. The van der Waals surface area contributed by atoms with E-state index in [0.717, 1.165) is 12.1 Å². The van der Waals surface area contributed by atoms with Crippen LogP contribution in [0.1, 0.15) is 32.8 Å². The van der Waals surface area contributed by atoms with Gasteiger partial charge in [0.1, 0.15) is 17.1 Å². The highest BCUT2D eigenvalue weighted by atomic mass is 35.5. The number of anilines is 1. The van der Waals surface area contributed by atoms with Gasteiger partial charge < -0.3 is 15.0 Å². The predicted octanol–water partition coefficient (Wildman–Crippen LogP) is 3.86. The number of hydrogen-bond acceptors (Lipinski definition) is 4. The normalized spacial score (nSPS) is 18.6. The molecule has 1 N–H and O–H groups in total. The van der Waals surface area contributed by atoms with Crippen molar-refractivity contribution in [3.63, 3.8) is 0 Å². The van der Waals surface area contributed by atoms with Crippen molar-refractivity contribution in [1.29, 1.82) is 0 Å². The van der Waals surface area contributed by atoms with Crippen molar-refractivity contribution in [3.8, 4) is 0 Å². The van der Waals surface area contributed by atoms with Crippen LogP contribution in [0.5, 0.6) is 0 Å². The second-order valence-electron chi connectivity index (χ2n) is 6.64. The summed E-state index contributed by atoms with van der Waals surface area (Å²) in [5.74, 6) is -0.239. The average molecular weight is 366 g/mol. The van der Waals surface area contributed by atoms with E-state index in [-0.39, 0.29) is 17.5 Å². The van der Waals surface area contributed by atoms with E-state index >= 15 is 0 Å². The molecule has 0 unspecified atom stereocenters. The van der Waals surface area contributed by atoms with Gasteiger partial charge >= 0.3 is 12.3 Å². The van der Waals surface area contributed by atoms with Crippen molar-refractivity contribution in [1.82, 2.24) is 10.3 Å². The van der Waals surface area contributed by atoms with E-state index in [4.69, 9.17) is 16.3 Å². The van der Waals surface area contributed by atoms with Crippen LogP contribution in [0.15, 0.2) is 12.1 Å². The Kier molecular flexibility index (Phi) is 5.17. The molecule has 2 rings (SSSR count). The zero-order valence-corrected chi connectivity index (χ0v) is 14.3. The highest BCUT2D eigenvalue weighted by Gasteiger charge is 2.38. The van der Waals surface area contributed by atoms with E-state index in [9.17, 15) is 18.0 Å². The van der Waals surface area contributed by atoms with Gasteiger partial charge in [0.15, 0.2) is 0 Å². The number of carbonyl (C=O) groups excluding carboxylic acids is 1. The second-order valence-corrected chi connectivity index (χ2v) is 7.03. The molecule has 0 saturated carbocycles. The van der Waals surface area contributed by atoms with E-state index in [0.29, 0.717) is 13.0 Å². The molecule has 0 aromatic carbocycles. The third-order valence-electron chi connectivity index (χ3n) is 3.34. The topological polar surface area (TPSA) is 54.5 Å². The summed E-state index contributed by atoms with van der Waals surface area (Å²) in [6.07, 6.45) is -5.21. The Labute approximate surface area is 143 Å². The van der Waals surface area contributed by atoms with Crippen LogP contribution in [0.4, 0.5) is 23.8 Å². The fraction of sp³-hybridized carbons (Fsp3) is 0.600. The molecule has 1 aliphatic rings. The fourth-order valence-corrected chi connectivity index (χ4v) is 2.53. The number of aromatic nitrogens is 1. The number of alkyl halides is 3. The lowest BCUT2D eigenvalue weighted by Gasteiger charge is -2.23. The molecule has 1 atom stereocenters. The Morgan fingerprint density at radius 3 is 2.62 bits per heavy atom. The molecule has 2 heterocycles. The van der Waals surface area contributed by atoms with Gasteiger partial charge in [0.2, 0.25) is 0 Å². The summed E-state index contributed by atoms with van der Waals surface area (Å²) in [6, 6.07) is 2.01. The number of amides is 1. The van der Waals surface area contributed by atoms with Gasteiger partial charge in [-0.25, -0.2) is 9.78 Å². The standard InChI is InChI=1S/C15H19ClF3N3O2/c1-14(2,3)21-13(23)24-9-6-7-22(8-9)12-10(15(17,18)19)4-5-11(16)20-12/h4-5,9H,6-8H2,1-3H3,(H,21,23)/t9-/m1/s1. The summed E-state index contributed by atoms with van der Waals surface area (Å²) >= 11 is 5.74. The second kappa shape index (κ2) is 6.66. The number of pyridine rings is 1. The lowest BCUT2D eigenvalue weighted by molar-refractivity contribution is -0.137. The fourth-order valence-electron chi connectivity index (χ4n) is 2.39. The Bertz CT molecular complexity index is 617. The summed E-state index contributed by atoms with van der Waals surface area (Å²) < 4.78 is 44.6. The lowest BCUT2D eigenvalue weighted by atomic mass is 10.1. The van der Waals surface area contributed by atoms with Crippen molar-refractivity contribution in [2.24, 2.45) is 0 Å². The zero-order chi connectivity index (χ0) is 18.1. The molecule has 0 radical (unpaired) electrons. The van der Waals surface area contributed by atoms with Gasteiger partial charge in [-0.3, -0.25) is 0 Å². The van der Waals surface area contributed by atoms with Crippen molar-refractivity contribution in [3.05, 3.63) is 22.8 Å². The van der Waals surface area contributed by atoms with Gasteiger partial charge in [-0.1, -0.05) is 11.6 Å². The largest absolute Gasteiger partial charge is 0.444 e. The average Bonchev–Trinajstić information content (AvgIpc) is 2.83. The number of halogens is 4. The Hall–Kier alpha value is -1.70. The summed E-state index contributed by atoms with van der Waals surface area (Å²) in [5.41, 5.74) is -1.31. The molecule has 1 aromatic rings. The number of alkyl carbamates (subject to hydrolysis) is 1. The molecule has 24 heavy (non-hydrogen) atoms. The van der Waals surface area contributed by atoms with Gasteiger partial charge in [-0.05, 0) is 32.9 Å². The predicted molar refractivity (Wildman–Crippen MR) is 84.2 cm³/mol. The molecule has 1 saturated heterocycles. The minimum absolute atomic E-state index is 0.0205. The van der Waals surface area contributed by atoms with Crippen LogP contribution in [0.2, 0.25) is 5.15 Å². The van der Waals surface area contributed by atoms with Crippen LogP contribution in [-0.4, -0.2) is 35.8 Å². The van der Waals surface area contributed by atoms with Crippen LogP contribution in [0, 0.1) is 0 Å². The number of ether oxygens (including phenoxy) is 1. The quantitative estimate of drug-likeness (QED) is 0.809. The minimum atomic E-state index is -4.53. The number of nitrogens with zero attached hydrogens (tertiary/aromatic N) is 2. The van der Waals surface area contributed by atoms with Crippen LogP contribution in [0.25, 0.3) is 0 Å². The maximum Gasteiger partial charge on any atom is 0.419 e. The zero-order valence-electron chi connectivity index (χ0n) is 13.6. The van der Waals surface area contributed by atoms with Crippen molar-refractivity contribution >= 4 is 23.5 Å². The maximum atomic E-state index is 13.1. The molecule has 5 nitrogen and oxygen atoms in total. The lowest BCUT2D eigenvalue weighted by Crippen LogP contribution is -2.42. The van der Waals surface area contributed by atoms with Gasteiger partial charge in [-0.15, -0.1) is 0 Å². The van der Waals surface area contributed by atoms with Gasteiger partial charge in [0.25, 0.3) is 0 Å². The third-order valence-corrected chi connectivity index (χ3v) is 3.55. The molecule has 1 aliphatic heterocycles. The number of hydrogen-bond donors (Lipinski definition) is 1. The van der Waals surface area contributed by atoms with Crippen molar-refractivity contribution in [2.75, 3.05) is 18.0 Å². The molecule has 1 amide bonds. The van der Waals surface area contributed by atoms with Crippen LogP contribution in [0.3, 0.4) is 0 Å². The summed E-state index contributed by atoms with van der Waals surface area (Å²) in [5, 5.41) is 2.63. The first-order valence-electron chi connectivity index (χ1n) is 7.43. The van der Waals surface area contributed by atoms with Gasteiger partial charge in [0.05, 0.1) is 12.1 Å². The van der Waals surface area contributed by atoms with Crippen molar-refractivity contribution in [2.45, 2.75) is 45.0 Å². The number of carbonyl (C=O) groups is 1. The van der Waals surface area contributed by atoms with E-state index in [1.54, 1.807) is 20.8 Å². The molecule has 0 aliphatic carbocycles.